The molecule has 5 heteroatoms. The number of benzene rings is 2. The Morgan fingerprint density at radius 2 is 1.76 bits per heavy atom. The van der Waals surface area contributed by atoms with E-state index in [2.05, 4.69) is 0 Å². The van der Waals surface area contributed by atoms with Gasteiger partial charge in [0.05, 0.1) is 5.02 Å². The normalized spacial score (nSPS) is 10.8. The Kier molecular flexibility index (Phi) is 5.09. The van der Waals surface area contributed by atoms with E-state index < -0.39 is 5.82 Å². The number of rotatable bonds is 4. The molecule has 2 aromatic rings. The summed E-state index contributed by atoms with van der Waals surface area (Å²) in [6.45, 7) is 4.24. The third-order valence-electron chi connectivity index (χ3n) is 3.41. The largest absolute Gasteiger partial charge is 0.457 e. The van der Waals surface area contributed by atoms with Gasteiger partial charge in [0.1, 0.15) is 17.3 Å². The summed E-state index contributed by atoms with van der Waals surface area (Å²) in [6.07, 6.45) is 0.509. The van der Waals surface area contributed by atoms with E-state index in [-0.39, 0.29) is 5.02 Å². The van der Waals surface area contributed by atoms with E-state index in [4.69, 9.17) is 33.7 Å². The molecule has 0 bridgehead atoms. The van der Waals surface area contributed by atoms with Crippen molar-refractivity contribution in [1.29, 1.82) is 0 Å². The van der Waals surface area contributed by atoms with Gasteiger partial charge in [-0.05, 0) is 61.7 Å². The van der Waals surface area contributed by atoms with Crippen LogP contribution in [-0.2, 0) is 6.42 Å². The van der Waals surface area contributed by atoms with Crippen molar-refractivity contribution in [1.82, 2.24) is 0 Å². The minimum atomic E-state index is -0.475. The molecule has 0 aliphatic carbocycles. The van der Waals surface area contributed by atoms with E-state index in [0.717, 1.165) is 11.1 Å². The Hall–Kier alpha value is -1.29. The van der Waals surface area contributed by atoms with Gasteiger partial charge in [-0.15, -0.1) is 0 Å². The van der Waals surface area contributed by atoms with Crippen LogP contribution in [0.1, 0.15) is 16.7 Å². The zero-order valence-electron chi connectivity index (χ0n) is 11.8. The molecule has 0 radical (unpaired) electrons. The third kappa shape index (κ3) is 3.49. The molecular weight excluding hydrogens is 312 g/mol. The zero-order valence-corrected chi connectivity index (χ0v) is 13.4. The lowest BCUT2D eigenvalue weighted by Gasteiger charge is -2.15. The van der Waals surface area contributed by atoms with E-state index in [0.29, 0.717) is 35.1 Å². The van der Waals surface area contributed by atoms with Crippen molar-refractivity contribution in [2.45, 2.75) is 20.3 Å². The second kappa shape index (κ2) is 6.65. The summed E-state index contributed by atoms with van der Waals surface area (Å²) >= 11 is 11.9. The molecule has 112 valence electrons. The average Bonchev–Trinajstić information content (AvgIpc) is 2.45. The van der Waals surface area contributed by atoms with Crippen LogP contribution in [0.3, 0.4) is 0 Å². The smallest absolute Gasteiger partial charge is 0.142 e. The maximum absolute atomic E-state index is 13.6. The van der Waals surface area contributed by atoms with Crippen LogP contribution in [0.25, 0.3) is 0 Å². The van der Waals surface area contributed by atoms with Crippen molar-refractivity contribution in [3.63, 3.8) is 0 Å². The second-order valence-corrected chi connectivity index (χ2v) is 5.62. The molecule has 2 rings (SSSR count). The summed E-state index contributed by atoms with van der Waals surface area (Å²) in [6, 6.07) is 6.40. The van der Waals surface area contributed by atoms with Crippen LogP contribution in [0.5, 0.6) is 11.5 Å². The minimum Gasteiger partial charge on any atom is -0.457 e. The summed E-state index contributed by atoms with van der Waals surface area (Å²) in [7, 11) is 0. The van der Waals surface area contributed by atoms with Gasteiger partial charge in [0.15, 0.2) is 0 Å². The van der Waals surface area contributed by atoms with Gasteiger partial charge in [0.2, 0.25) is 0 Å². The summed E-state index contributed by atoms with van der Waals surface area (Å²) < 4.78 is 19.5. The van der Waals surface area contributed by atoms with Crippen LogP contribution in [0.15, 0.2) is 24.3 Å². The molecule has 0 heterocycles. The first kappa shape index (κ1) is 16.1. The number of hydrogen-bond donors (Lipinski definition) is 1. The van der Waals surface area contributed by atoms with Crippen LogP contribution in [0, 0.1) is 19.7 Å². The predicted molar refractivity (Wildman–Crippen MR) is 85.2 cm³/mol. The highest BCUT2D eigenvalue weighted by atomic mass is 35.5. The van der Waals surface area contributed by atoms with E-state index >= 15 is 0 Å². The molecule has 0 aromatic heterocycles. The fourth-order valence-electron chi connectivity index (χ4n) is 2.01. The van der Waals surface area contributed by atoms with E-state index in [1.807, 2.05) is 13.8 Å². The second-order valence-electron chi connectivity index (χ2n) is 4.81. The van der Waals surface area contributed by atoms with Crippen molar-refractivity contribution in [2.75, 3.05) is 6.54 Å². The lowest BCUT2D eigenvalue weighted by Crippen LogP contribution is -2.05. The standard InChI is InChI=1S/C16H16Cl2FNO/c1-9-10(2)15(4-3-12(9)17)21-16-8-13(18)14(19)7-11(16)5-6-20/h3-4,7-8H,5-6,20H2,1-2H3. The highest BCUT2D eigenvalue weighted by Crippen LogP contribution is 2.34. The van der Waals surface area contributed by atoms with Crippen molar-refractivity contribution in [2.24, 2.45) is 5.73 Å². The first-order valence-electron chi connectivity index (χ1n) is 6.55. The fraction of sp³-hybridized carbons (Fsp3) is 0.250. The van der Waals surface area contributed by atoms with E-state index in [1.54, 1.807) is 12.1 Å². The molecule has 0 atom stereocenters. The average molecular weight is 328 g/mol. The zero-order chi connectivity index (χ0) is 15.6. The quantitative estimate of drug-likeness (QED) is 0.853. The number of hydrogen-bond acceptors (Lipinski definition) is 2. The van der Waals surface area contributed by atoms with Gasteiger partial charge in [0, 0.05) is 11.1 Å². The molecule has 0 saturated carbocycles. The van der Waals surface area contributed by atoms with Gasteiger partial charge < -0.3 is 10.5 Å². The predicted octanol–water partition coefficient (Wildman–Crippen LogP) is 5.04. The Morgan fingerprint density at radius 3 is 2.43 bits per heavy atom. The molecule has 0 amide bonds. The highest BCUT2D eigenvalue weighted by Gasteiger charge is 2.13. The summed E-state index contributed by atoms with van der Waals surface area (Å²) in [4.78, 5) is 0. The topological polar surface area (TPSA) is 35.2 Å². The van der Waals surface area contributed by atoms with Crippen molar-refractivity contribution in [3.8, 4) is 11.5 Å². The fourth-order valence-corrected chi connectivity index (χ4v) is 2.37. The van der Waals surface area contributed by atoms with Crippen molar-refractivity contribution < 1.29 is 9.13 Å². The van der Waals surface area contributed by atoms with Crippen molar-refractivity contribution in [3.05, 3.63) is 56.8 Å². The van der Waals surface area contributed by atoms with E-state index in [9.17, 15) is 4.39 Å². The van der Waals surface area contributed by atoms with Gasteiger partial charge in [-0.3, -0.25) is 0 Å². The molecule has 0 spiro atoms. The summed E-state index contributed by atoms with van der Waals surface area (Å²) in [5.74, 6) is 0.700. The van der Waals surface area contributed by atoms with Gasteiger partial charge in [-0.25, -0.2) is 4.39 Å². The number of ether oxygens (including phenoxy) is 1. The SMILES string of the molecule is Cc1c(Cl)ccc(Oc2cc(Cl)c(F)cc2CCN)c1C. The first-order valence-corrected chi connectivity index (χ1v) is 7.31. The van der Waals surface area contributed by atoms with Gasteiger partial charge in [-0.1, -0.05) is 23.2 Å². The Bertz CT molecular complexity index is 674. The summed E-state index contributed by atoms with van der Waals surface area (Å²) in [5.41, 5.74) is 8.12. The van der Waals surface area contributed by atoms with E-state index in [1.165, 1.54) is 12.1 Å². The molecule has 0 saturated heterocycles. The number of nitrogens with two attached hydrogens (primary N) is 1. The van der Waals surface area contributed by atoms with Crippen LogP contribution >= 0.6 is 23.2 Å². The molecule has 0 unspecified atom stereocenters. The summed E-state index contributed by atoms with van der Waals surface area (Å²) in [5, 5.41) is 0.702. The highest BCUT2D eigenvalue weighted by molar-refractivity contribution is 6.31. The number of halogens is 3. The molecule has 21 heavy (non-hydrogen) atoms. The molecular formula is C16H16Cl2FNO. The third-order valence-corrected chi connectivity index (χ3v) is 4.11. The lowest BCUT2D eigenvalue weighted by atomic mass is 10.1. The molecule has 0 aliphatic heterocycles. The maximum Gasteiger partial charge on any atom is 0.142 e. The molecule has 2 aromatic carbocycles. The first-order chi connectivity index (χ1) is 9.93. The van der Waals surface area contributed by atoms with Crippen LogP contribution < -0.4 is 10.5 Å². The molecule has 0 aliphatic rings. The minimum absolute atomic E-state index is 0.0223. The monoisotopic (exact) mass is 327 g/mol. The van der Waals surface area contributed by atoms with Crippen LogP contribution in [0.4, 0.5) is 4.39 Å². The Balaban J connectivity index is 2.43. The van der Waals surface area contributed by atoms with Crippen molar-refractivity contribution >= 4 is 23.2 Å². The maximum atomic E-state index is 13.6. The van der Waals surface area contributed by atoms with Crippen LogP contribution in [-0.4, -0.2) is 6.54 Å². The molecule has 2 N–H and O–H groups in total. The lowest BCUT2D eigenvalue weighted by molar-refractivity contribution is 0.469. The Morgan fingerprint density at radius 1 is 1.05 bits per heavy atom. The molecule has 0 fully saturated rings. The van der Waals surface area contributed by atoms with Crippen LogP contribution in [0.2, 0.25) is 10.0 Å². The Labute approximate surface area is 133 Å². The molecule has 2 nitrogen and oxygen atoms in total. The van der Waals surface area contributed by atoms with Gasteiger partial charge >= 0.3 is 0 Å². The van der Waals surface area contributed by atoms with Gasteiger partial charge in [-0.2, -0.15) is 0 Å². The van der Waals surface area contributed by atoms with Gasteiger partial charge in [0.25, 0.3) is 0 Å².